The lowest BCUT2D eigenvalue weighted by molar-refractivity contribution is -0.0188. The molecule has 1 aromatic heterocycles. The molecule has 1 saturated heterocycles. The van der Waals surface area contributed by atoms with Crippen LogP contribution < -0.4 is 0 Å². The van der Waals surface area contributed by atoms with Gasteiger partial charge in [0, 0.05) is 12.1 Å². The summed E-state index contributed by atoms with van der Waals surface area (Å²) in [6.45, 7) is 9.39. The highest BCUT2D eigenvalue weighted by atomic mass is 16.3. The minimum absolute atomic E-state index is 0.219. The molecule has 108 valence electrons. The van der Waals surface area contributed by atoms with Gasteiger partial charge in [0.1, 0.15) is 6.10 Å². The van der Waals surface area contributed by atoms with Crippen LogP contribution in [0.5, 0.6) is 0 Å². The molecule has 2 heterocycles. The molecule has 1 N–H and O–H groups in total. The zero-order valence-corrected chi connectivity index (χ0v) is 12.3. The summed E-state index contributed by atoms with van der Waals surface area (Å²) >= 11 is 0. The Kier molecular flexibility index (Phi) is 4.58. The summed E-state index contributed by atoms with van der Waals surface area (Å²) in [5.41, 5.74) is 0.627. The number of aryl methyl sites for hydroxylation is 1. The zero-order chi connectivity index (χ0) is 13.9. The molecular weight excluding hydrogens is 240 g/mol. The summed E-state index contributed by atoms with van der Waals surface area (Å²) < 4.78 is 1.84. The Bertz CT molecular complexity index is 400. The van der Waals surface area contributed by atoms with Crippen LogP contribution in [0.2, 0.25) is 0 Å². The van der Waals surface area contributed by atoms with E-state index in [1.807, 2.05) is 4.68 Å². The standard InChI is InChI=1S/C14H26N4O/c1-4-8-18-12(11-15-16-18)13(19)14(3,5-2)17-9-6-7-10-17/h11,13,19H,4-10H2,1-3H3. The third kappa shape index (κ3) is 2.67. The normalized spacial score (nSPS) is 21.5. The Labute approximate surface area is 115 Å². The second-order valence-corrected chi connectivity index (χ2v) is 5.69. The van der Waals surface area contributed by atoms with Gasteiger partial charge >= 0.3 is 0 Å². The van der Waals surface area contributed by atoms with Crippen LogP contribution in [0.4, 0.5) is 0 Å². The van der Waals surface area contributed by atoms with E-state index < -0.39 is 6.10 Å². The Morgan fingerprint density at radius 1 is 1.37 bits per heavy atom. The van der Waals surface area contributed by atoms with Crippen molar-refractivity contribution in [3.63, 3.8) is 0 Å². The summed E-state index contributed by atoms with van der Waals surface area (Å²) in [5, 5.41) is 18.9. The van der Waals surface area contributed by atoms with Gasteiger partial charge in [-0.3, -0.25) is 4.90 Å². The van der Waals surface area contributed by atoms with Crippen LogP contribution in [0.1, 0.15) is 58.3 Å². The van der Waals surface area contributed by atoms with Crippen LogP contribution >= 0.6 is 0 Å². The van der Waals surface area contributed by atoms with Gasteiger partial charge in [0.25, 0.3) is 0 Å². The SMILES string of the molecule is CCCn1nncc1C(O)C(C)(CC)N1CCCC1. The molecule has 0 aromatic carbocycles. The minimum Gasteiger partial charge on any atom is -0.385 e. The number of aliphatic hydroxyl groups excluding tert-OH is 1. The molecule has 0 radical (unpaired) electrons. The van der Waals surface area contributed by atoms with E-state index in [4.69, 9.17) is 0 Å². The van der Waals surface area contributed by atoms with Crippen LogP contribution in [-0.2, 0) is 6.54 Å². The summed E-state index contributed by atoms with van der Waals surface area (Å²) in [6, 6.07) is 0. The van der Waals surface area contributed by atoms with E-state index in [0.29, 0.717) is 0 Å². The fraction of sp³-hybridized carbons (Fsp3) is 0.857. The van der Waals surface area contributed by atoms with Crippen LogP contribution in [0.3, 0.4) is 0 Å². The average Bonchev–Trinajstić information content (AvgIpc) is 3.08. The van der Waals surface area contributed by atoms with Gasteiger partial charge in [0.15, 0.2) is 0 Å². The number of aliphatic hydroxyl groups is 1. The van der Waals surface area contributed by atoms with Crippen molar-refractivity contribution in [3.8, 4) is 0 Å². The predicted octanol–water partition coefficient (Wildman–Crippen LogP) is 1.99. The maximum absolute atomic E-state index is 10.9. The zero-order valence-electron chi connectivity index (χ0n) is 12.3. The summed E-state index contributed by atoms with van der Waals surface area (Å²) in [7, 11) is 0. The van der Waals surface area contributed by atoms with E-state index in [-0.39, 0.29) is 5.54 Å². The van der Waals surface area contributed by atoms with E-state index in [0.717, 1.165) is 38.2 Å². The molecular formula is C14H26N4O. The topological polar surface area (TPSA) is 54.2 Å². The molecule has 2 unspecified atom stereocenters. The van der Waals surface area contributed by atoms with Crippen molar-refractivity contribution in [2.45, 2.75) is 64.6 Å². The minimum atomic E-state index is -0.530. The van der Waals surface area contributed by atoms with E-state index in [1.165, 1.54) is 12.8 Å². The number of aromatic nitrogens is 3. The smallest absolute Gasteiger partial charge is 0.115 e. The molecule has 0 aliphatic carbocycles. The number of hydrogen-bond donors (Lipinski definition) is 1. The van der Waals surface area contributed by atoms with Gasteiger partial charge in [0.2, 0.25) is 0 Å². The first-order valence-electron chi connectivity index (χ1n) is 7.45. The van der Waals surface area contributed by atoms with Crippen molar-refractivity contribution >= 4 is 0 Å². The van der Waals surface area contributed by atoms with Gasteiger partial charge in [-0.1, -0.05) is 19.1 Å². The lowest BCUT2D eigenvalue weighted by atomic mass is 9.88. The van der Waals surface area contributed by atoms with Crippen molar-refractivity contribution in [1.29, 1.82) is 0 Å². The Hall–Kier alpha value is -0.940. The monoisotopic (exact) mass is 266 g/mol. The molecule has 1 fully saturated rings. The summed E-state index contributed by atoms with van der Waals surface area (Å²) in [5.74, 6) is 0. The number of nitrogens with zero attached hydrogens (tertiary/aromatic N) is 4. The van der Waals surface area contributed by atoms with Crippen LogP contribution in [-0.4, -0.2) is 43.6 Å². The molecule has 5 nitrogen and oxygen atoms in total. The van der Waals surface area contributed by atoms with Crippen molar-refractivity contribution in [2.24, 2.45) is 0 Å². The van der Waals surface area contributed by atoms with Gasteiger partial charge in [-0.2, -0.15) is 0 Å². The Morgan fingerprint density at radius 2 is 2.05 bits per heavy atom. The van der Waals surface area contributed by atoms with Crippen molar-refractivity contribution in [2.75, 3.05) is 13.1 Å². The summed E-state index contributed by atoms with van der Waals surface area (Å²) in [4.78, 5) is 2.42. The lowest BCUT2D eigenvalue weighted by Gasteiger charge is -2.41. The largest absolute Gasteiger partial charge is 0.385 e. The Morgan fingerprint density at radius 3 is 2.63 bits per heavy atom. The van der Waals surface area contributed by atoms with Crippen LogP contribution in [0, 0.1) is 0 Å². The van der Waals surface area contributed by atoms with Crippen molar-refractivity contribution in [1.82, 2.24) is 19.9 Å². The maximum atomic E-state index is 10.9. The van der Waals surface area contributed by atoms with Gasteiger partial charge < -0.3 is 5.11 Å². The third-order valence-electron chi connectivity index (χ3n) is 4.50. The van der Waals surface area contributed by atoms with Crippen molar-refractivity contribution < 1.29 is 5.11 Å². The predicted molar refractivity (Wildman–Crippen MR) is 74.8 cm³/mol. The molecule has 1 aromatic rings. The molecule has 0 amide bonds. The number of likely N-dealkylation sites (tertiary alicyclic amines) is 1. The average molecular weight is 266 g/mol. The first-order valence-corrected chi connectivity index (χ1v) is 7.45. The molecule has 2 atom stereocenters. The van der Waals surface area contributed by atoms with Gasteiger partial charge in [-0.15, -0.1) is 5.10 Å². The van der Waals surface area contributed by atoms with Crippen LogP contribution in [0.15, 0.2) is 6.20 Å². The van der Waals surface area contributed by atoms with E-state index in [2.05, 4.69) is 36.0 Å². The fourth-order valence-electron chi connectivity index (χ4n) is 3.00. The lowest BCUT2D eigenvalue weighted by Crippen LogP contribution is -2.49. The first-order chi connectivity index (χ1) is 9.13. The molecule has 0 bridgehead atoms. The quantitative estimate of drug-likeness (QED) is 0.855. The van der Waals surface area contributed by atoms with E-state index in [1.54, 1.807) is 6.20 Å². The highest BCUT2D eigenvalue weighted by Gasteiger charge is 2.40. The molecule has 5 heteroatoms. The molecule has 19 heavy (non-hydrogen) atoms. The van der Waals surface area contributed by atoms with Crippen LogP contribution in [0.25, 0.3) is 0 Å². The van der Waals surface area contributed by atoms with E-state index in [9.17, 15) is 5.11 Å². The second kappa shape index (κ2) is 6.01. The number of hydrogen-bond acceptors (Lipinski definition) is 4. The number of rotatable bonds is 6. The summed E-state index contributed by atoms with van der Waals surface area (Å²) in [6.07, 6.45) is 5.56. The van der Waals surface area contributed by atoms with Crippen molar-refractivity contribution in [3.05, 3.63) is 11.9 Å². The molecule has 0 saturated carbocycles. The highest BCUT2D eigenvalue weighted by Crippen LogP contribution is 2.36. The maximum Gasteiger partial charge on any atom is 0.115 e. The van der Waals surface area contributed by atoms with Gasteiger partial charge in [0.05, 0.1) is 11.9 Å². The van der Waals surface area contributed by atoms with E-state index >= 15 is 0 Å². The molecule has 0 spiro atoms. The molecule has 1 aliphatic rings. The van der Waals surface area contributed by atoms with Gasteiger partial charge in [-0.25, -0.2) is 4.68 Å². The Balaban J connectivity index is 2.23. The third-order valence-corrected chi connectivity index (χ3v) is 4.50. The highest BCUT2D eigenvalue weighted by molar-refractivity contribution is 5.09. The molecule has 1 aliphatic heterocycles. The first kappa shape index (κ1) is 14.5. The second-order valence-electron chi connectivity index (χ2n) is 5.69. The molecule has 2 rings (SSSR count). The fourth-order valence-corrected chi connectivity index (χ4v) is 3.00. The van der Waals surface area contributed by atoms with Gasteiger partial charge in [-0.05, 0) is 45.7 Å².